The number of nitrogens with one attached hydrogen (secondary N) is 1. The van der Waals surface area contributed by atoms with E-state index < -0.39 is 5.97 Å². The molecule has 0 heterocycles. The van der Waals surface area contributed by atoms with E-state index >= 15 is 0 Å². The van der Waals surface area contributed by atoms with Gasteiger partial charge in [0.2, 0.25) is 0 Å². The van der Waals surface area contributed by atoms with Crippen molar-refractivity contribution in [2.75, 3.05) is 7.05 Å². The number of carbonyl (C=O) groups is 1. The predicted octanol–water partition coefficient (Wildman–Crippen LogP) is 4.39. The summed E-state index contributed by atoms with van der Waals surface area (Å²) >= 11 is 0. The van der Waals surface area contributed by atoms with Gasteiger partial charge in [-0.3, -0.25) is 4.79 Å². The third-order valence-corrected chi connectivity index (χ3v) is 4.16. The van der Waals surface area contributed by atoms with Crippen LogP contribution in [0.2, 0.25) is 0 Å². The van der Waals surface area contributed by atoms with Gasteiger partial charge in [0.25, 0.3) is 0 Å². The number of aryl methyl sites for hydroxylation is 3. The first-order valence-electron chi connectivity index (χ1n) is 8.17. The lowest BCUT2D eigenvalue weighted by Gasteiger charge is -2.15. The molecule has 0 saturated heterocycles. The van der Waals surface area contributed by atoms with Gasteiger partial charge >= 0.3 is 5.97 Å². The van der Waals surface area contributed by atoms with Crippen LogP contribution in [0, 0.1) is 13.8 Å². The Morgan fingerprint density at radius 1 is 1.17 bits per heavy atom. The first kappa shape index (κ1) is 18.0. The third-order valence-electron chi connectivity index (χ3n) is 4.16. The SMILES string of the molecule is CNC(C)c1cc(C)cc(Oc2ccc(CCC(=O)O)c(C)c2)c1. The number of benzene rings is 2. The van der Waals surface area contributed by atoms with Gasteiger partial charge in [0.1, 0.15) is 11.5 Å². The molecule has 0 amide bonds. The largest absolute Gasteiger partial charge is 0.481 e. The van der Waals surface area contributed by atoms with Crippen LogP contribution in [0.1, 0.15) is 41.6 Å². The smallest absolute Gasteiger partial charge is 0.303 e. The number of aliphatic carboxylic acids is 1. The lowest BCUT2D eigenvalue weighted by atomic mass is 10.0. The van der Waals surface area contributed by atoms with Gasteiger partial charge in [-0.25, -0.2) is 0 Å². The number of rotatable bonds is 7. The summed E-state index contributed by atoms with van der Waals surface area (Å²) in [6, 6.07) is 12.3. The lowest BCUT2D eigenvalue weighted by Crippen LogP contribution is -2.12. The van der Waals surface area contributed by atoms with E-state index in [0.717, 1.165) is 28.2 Å². The number of hydrogen-bond donors (Lipinski definition) is 2. The molecule has 128 valence electrons. The zero-order valence-corrected chi connectivity index (χ0v) is 14.7. The van der Waals surface area contributed by atoms with Crippen molar-refractivity contribution < 1.29 is 14.6 Å². The molecule has 2 N–H and O–H groups in total. The Bertz CT molecular complexity index is 725. The van der Waals surface area contributed by atoms with Crippen molar-refractivity contribution in [3.63, 3.8) is 0 Å². The van der Waals surface area contributed by atoms with E-state index in [1.807, 2.05) is 44.3 Å². The van der Waals surface area contributed by atoms with Gasteiger partial charge in [0, 0.05) is 12.5 Å². The zero-order valence-electron chi connectivity index (χ0n) is 14.7. The van der Waals surface area contributed by atoms with Crippen LogP contribution in [0.25, 0.3) is 0 Å². The number of hydrogen-bond acceptors (Lipinski definition) is 3. The Hall–Kier alpha value is -2.33. The van der Waals surface area contributed by atoms with Gasteiger partial charge in [-0.05, 0) is 80.8 Å². The van der Waals surface area contributed by atoms with E-state index in [9.17, 15) is 4.79 Å². The van der Waals surface area contributed by atoms with Gasteiger partial charge in [-0.1, -0.05) is 12.1 Å². The average Bonchev–Trinajstić information content (AvgIpc) is 2.52. The molecule has 1 unspecified atom stereocenters. The van der Waals surface area contributed by atoms with Gasteiger partial charge in [0.15, 0.2) is 0 Å². The monoisotopic (exact) mass is 327 g/mol. The van der Waals surface area contributed by atoms with Crippen molar-refractivity contribution in [2.24, 2.45) is 0 Å². The molecule has 1 atom stereocenters. The molecule has 0 bridgehead atoms. The minimum absolute atomic E-state index is 0.143. The molecule has 0 aromatic heterocycles. The molecule has 0 aliphatic heterocycles. The molecule has 0 saturated carbocycles. The van der Waals surface area contributed by atoms with Gasteiger partial charge in [-0.2, -0.15) is 0 Å². The molecule has 0 aliphatic rings. The Balaban J connectivity index is 2.17. The quantitative estimate of drug-likeness (QED) is 0.791. The van der Waals surface area contributed by atoms with Crippen LogP contribution in [0.15, 0.2) is 36.4 Å². The Morgan fingerprint density at radius 2 is 1.92 bits per heavy atom. The maximum absolute atomic E-state index is 10.7. The van der Waals surface area contributed by atoms with Crippen LogP contribution in [0.5, 0.6) is 11.5 Å². The second-order valence-corrected chi connectivity index (χ2v) is 6.17. The summed E-state index contributed by atoms with van der Waals surface area (Å²) in [4.78, 5) is 10.7. The number of ether oxygens (including phenoxy) is 1. The van der Waals surface area contributed by atoms with E-state index in [1.54, 1.807) is 0 Å². The van der Waals surface area contributed by atoms with Crippen molar-refractivity contribution in [1.82, 2.24) is 5.32 Å². The molecule has 2 aromatic rings. The summed E-state index contributed by atoms with van der Waals surface area (Å²) in [6.45, 7) is 6.15. The summed E-state index contributed by atoms with van der Waals surface area (Å²) in [6.07, 6.45) is 0.680. The Kier molecular flexibility index (Phi) is 5.99. The lowest BCUT2D eigenvalue weighted by molar-refractivity contribution is -0.136. The highest BCUT2D eigenvalue weighted by molar-refractivity contribution is 5.67. The maximum atomic E-state index is 10.7. The molecule has 24 heavy (non-hydrogen) atoms. The van der Waals surface area contributed by atoms with Gasteiger partial charge in [0.05, 0.1) is 0 Å². The maximum Gasteiger partial charge on any atom is 0.303 e. The summed E-state index contributed by atoms with van der Waals surface area (Å²) in [5.74, 6) is 0.797. The minimum Gasteiger partial charge on any atom is -0.481 e. The van der Waals surface area contributed by atoms with Crippen molar-refractivity contribution >= 4 is 5.97 Å². The highest BCUT2D eigenvalue weighted by atomic mass is 16.5. The van der Waals surface area contributed by atoms with Crippen LogP contribution in [-0.4, -0.2) is 18.1 Å². The average molecular weight is 327 g/mol. The molecule has 0 radical (unpaired) electrons. The highest BCUT2D eigenvalue weighted by Gasteiger charge is 2.08. The molecule has 2 rings (SSSR count). The normalized spacial score (nSPS) is 12.0. The summed E-state index contributed by atoms with van der Waals surface area (Å²) in [5.41, 5.74) is 4.42. The molecule has 0 fully saturated rings. The molecule has 4 nitrogen and oxygen atoms in total. The summed E-state index contributed by atoms with van der Waals surface area (Å²) in [7, 11) is 1.94. The fourth-order valence-electron chi connectivity index (χ4n) is 2.64. The van der Waals surface area contributed by atoms with E-state index in [1.165, 1.54) is 5.56 Å². The van der Waals surface area contributed by atoms with Crippen LogP contribution >= 0.6 is 0 Å². The first-order valence-corrected chi connectivity index (χ1v) is 8.17. The first-order chi connectivity index (χ1) is 11.4. The standard InChI is InChI=1S/C20H25NO3/c1-13-9-17(15(3)21-4)12-19(10-13)24-18-7-5-16(14(2)11-18)6-8-20(22)23/h5,7,9-12,15,21H,6,8H2,1-4H3,(H,22,23). The van der Waals surface area contributed by atoms with E-state index in [-0.39, 0.29) is 12.5 Å². The fourth-order valence-corrected chi connectivity index (χ4v) is 2.64. The molecule has 2 aromatic carbocycles. The van der Waals surface area contributed by atoms with Crippen LogP contribution < -0.4 is 10.1 Å². The zero-order chi connectivity index (χ0) is 17.7. The summed E-state index contributed by atoms with van der Waals surface area (Å²) < 4.78 is 6.01. The Morgan fingerprint density at radius 3 is 2.54 bits per heavy atom. The van der Waals surface area contributed by atoms with E-state index in [0.29, 0.717) is 6.42 Å². The molecule has 0 aliphatic carbocycles. The highest BCUT2D eigenvalue weighted by Crippen LogP contribution is 2.28. The van der Waals surface area contributed by atoms with E-state index in [4.69, 9.17) is 9.84 Å². The van der Waals surface area contributed by atoms with Gasteiger partial charge in [-0.15, -0.1) is 0 Å². The second-order valence-electron chi connectivity index (χ2n) is 6.17. The fraction of sp³-hybridized carbons (Fsp3) is 0.350. The predicted molar refractivity (Wildman–Crippen MR) is 95.9 cm³/mol. The molecule has 4 heteroatoms. The molecular weight excluding hydrogens is 302 g/mol. The van der Waals surface area contributed by atoms with Crippen molar-refractivity contribution in [3.8, 4) is 11.5 Å². The van der Waals surface area contributed by atoms with Crippen molar-refractivity contribution in [2.45, 2.75) is 39.7 Å². The summed E-state index contributed by atoms with van der Waals surface area (Å²) in [5, 5.41) is 12.0. The van der Waals surface area contributed by atoms with Crippen LogP contribution in [0.3, 0.4) is 0 Å². The van der Waals surface area contributed by atoms with Crippen molar-refractivity contribution in [1.29, 1.82) is 0 Å². The number of carboxylic acid groups (broad SMARTS) is 1. The Labute approximate surface area is 143 Å². The molecular formula is C20H25NO3. The topological polar surface area (TPSA) is 58.6 Å². The van der Waals surface area contributed by atoms with Gasteiger partial charge < -0.3 is 15.2 Å². The van der Waals surface area contributed by atoms with Crippen molar-refractivity contribution in [3.05, 3.63) is 58.7 Å². The molecule has 0 spiro atoms. The van der Waals surface area contributed by atoms with Crippen LogP contribution in [0.4, 0.5) is 0 Å². The second kappa shape index (κ2) is 7.97. The van der Waals surface area contributed by atoms with Crippen LogP contribution in [-0.2, 0) is 11.2 Å². The minimum atomic E-state index is -0.777. The third kappa shape index (κ3) is 4.83. The number of carboxylic acids is 1. The van der Waals surface area contributed by atoms with E-state index in [2.05, 4.69) is 25.2 Å².